The first kappa shape index (κ1) is 15.2. The molecule has 23 heavy (non-hydrogen) atoms. The van der Waals surface area contributed by atoms with Gasteiger partial charge in [-0.25, -0.2) is 14.4 Å². The van der Waals surface area contributed by atoms with Crippen LogP contribution in [0.2, 0.25) is 5.02 Å². The van der Waals surface area contributed by atoms with Crippen LogP contribution in [0.25, 0.3) is 11.4 Å². The largest absolute Gasteiger partial charge is 0.384 e. The third-order valence-electron chi connectivity index (χ3n) is 3.29. The zero-order chi connectivity index (χ0) is 16.4. The van der Waals surface area contributed by atoms with Gasteiger partial charge in [-0.15, -0.1) is 0 Å². The van der Waals surface area contributed by atoms with Crippen molar-refractivity contribution >= 4 is 28.9 Å². The van der Waals surface area contributed by atoms with Gasteiger partial charge in [-0.1, -0.05) is 17.7 Å². The van der Waals surface area contributed by atoms with E-state index in [9.17, 15) is 4.39 Å². The summed E-state index contributed by atoms with van der Waals surface area (Å²) >= 11 is 6.12. The third kappa shape index (κ3) is 3.57. The van der Waals surface area contributed by atoms with Crippen LogP contribution < -0.4 is 11.1 Å². The van der Waals surface area contributed by atoms with Crippen molar-refractivity contribution in [1.29, 1.82) is 0 Å². The number of nitrogens with one attached hydrogen (secondary N) is 1. The second kappa shape index (κ2) is 6.22. The maximum Gasteiger partial charge on any atom is 0.163 e. The van der Waals surface area contributed by atoms with Gasteiger partial charge in [-0.05, 0) is 48.9 Å². The minimum absolute atomic E-state index is 0.315. The van der Waals surface area contributed by atoms with Crippen molar-refractivity contribution in [3.63, 3.8) is 0 Å². The Labute approximate surface area is 138 Å². The molecule has 0 bridgehead atoms. The van der Waals surface area contributed by atoms with Crippen molar-refractivity contribution in [1.82, 2.24) is 9.97 Å². The molecular formula is C17H14ClFN4. The summed E-state index contributed by atoms with van der Waals surface area (Å²) in [5, 5.41) is 3.81. The van der Waals surface area contributed by atoms with Gasteiger partial charge >= 0.3 is 0 Å². The van der Waals surface area contributed by atoms with E-state index in [2.05, 4.69) is 15.3 Å². The fourth-order valence-electron chi connectivity index (χ4n) is 2.08. The van der Waals surface area contributed by atoms with E-state index >= 15 is 0 Å². The van der Waals surface area contributed by atoms with Crippen LogP contribution in [0, 0.1) is 12.7 Å². The minimum Gasteiger partial charge on any atom is -0.384 e. The Morgan fingerprint density at radius 2 is 1.78 bits per heavy atom. The van der Waals surface area contributed by atoms with Crippen molar-refractivity contribution in [3.05, 3.63) is 64.9 Å². The van der Waals surface area contributed by atoms with E-state index in [-0.39, 0.29) is 5.82 Å². The molecule has 6 heteroatoms. The normalized spacial score (nSPS) is 10.6. The predicted molar refractivity (Wildman–Crippen MR) is 91.3 cm³/mol. The molecule has 1 aromatic heterocycles. The molecular weight excluding hydrogens is 315 g/mol. The number of aryl methyl sites for hydroxylation is 1. The summed E-state index contributed by atoms with van der Waals surface area (Å²) in [6.45, 7) is 1.93. The average Bonchev–Trinajstić information content (AvgIpc) is 2.51. The number of nitrogens with two attached hydrogens (primary N) is 1. The van der Waals surface area contributed by atoms with Crippen LogP contribution in [0.1, 0.15) is 5.56 Å². The molecule has 0 aliphatic heterocycles. The van der Waals surface area contributed by atoms with Crippen LogP contribution >= 0.6 is 11.6 Å². The SMILES string of the molecule is Cc1ccc(Nc2cc(N)nc(-c3ccc(F)cc3)n2)cc1Cl. The molecule has 0 spiro atoms. The lowest BCUT2D eigenvalue weighted by Crippen LogP contribution is -2.01. The van der Waals surface area contributed by atoms with E-state index in [0.717, 1.165) is 11.3 Å². The lowest BCUT2D eigenvalue weighted by molar-refractivity contribution is 0.628. The highest BCUT2D eigenvalue weighted by Gasteiger charge is 2.07. The highest BCUT2D eigenvalue weighted by atomic mass is 35.5. The fourth-order valence-corrected chi connectivity index (χ4v) is 2.26. The van der Waals surface area contributed by atoms with Gasteiger partial charge in [0.1, 0.15) is 17.5 Å². The predicted octanol–water partition coefficient (Wildman–Crippen LogP) is 4.57. The van der Waals surface area contributed by atoms with Crippen LogP contribution in [0.3, 0.4) is 0 Å². The molecule has 3 rings (SSSR count). The zero-order valence-corrected chi connectivity index (χ0v) is 13.1. The molecule has 3 N–H and O–H groups in total. The van der Waals surface area contributed by atoms with E-state index < -0.39 is 0 Å². The Morgan fingerprint density at radius 3 is 2.48 bits per heavy atom. The number of nitrogen functional groups attached to an aromatic ring is 1. The summed E-state index contributed by atoms with van der Waals surface area (Å²) in [6.07, 6.45) is 0. The second-order valence-electron chi connectivity index (χ2n) is 5.10. The van der Waals surface area contributed by atoms with E-state index in [1.165, 1.54) is 12.1 Å². The average molecular weight is 329 g/mol. The first-order chi connectivity index (χ1) is 11.0. The molecule has 0 amide bonds. The van der Waals surface area contributed by atoms with Gasteiger partial charge in [0.15, 0.2) is 5.82 Å². The Kier molecular flexibility index (Phi) is 4.12. The molecule has 116 valence electrons. The number of anilines is 3. The van der Waals surface area contributed by atoms with Gasteiger partial charge in [0.2, 0.25) is 0 Å². The third-order valence-corrected chi connectivity index (χ3v) is 3.70. The minimum atomic E-state index is -0.315. The number of hydrogen-bond donors (Lipinski definition) is 2. The van der Waals surface area contributed by atoms with Gasteiger partial charge in [0.25, 0.3) is 0 Å². The molecule has 4 nitrogen and oxygen atoms in total. The summed E-state index contributed by atoms with van der Waals surface area (Å²) in [5.74, 6) is 0.966. The molecule has 0 radical (unpaired) electrons. The summed E-state index contributed by atoms with van der Waals surface area (Å²) in [7, 11) is 0. The Morgan fingerprint density at radius 1 is 1.04 bits per heavy atom. The first-order valence-corrected chi connectivity index (χ1v) is 7.33. The number of benzene rings is 2. The van der Waals surface area contributed by atoms with Crippen LogP contribution in [-0.4, -0.2) is 9.97 Å². The first-order valence-electron chi connectivity index (χ1n) is 6.95. The molecule has 0 atom stereocenters. The monoisotopic (exact) mass is 328 g/mol. The van der Waals surface area contributed by atoms with Gasteiger partial charge < -0.3 is 11.1 Å². The number of nitrogens with zero attached hydrogens (tertiary/aromatic N) is 2. The van der Waals surface area contributed by atoms with Crippen LogP contribution in [0.15, 0.2) is 48.5 Å². The summed E-state index contributed by atoms with van der Waals surface area (Å²) < 4.78 is 13.0. The molecule has 0 saturated carbocycles. The molecule has 0 aliphatic rings. The Hall–Kier alpha value is -2.66. The molecule has 0 unspecified atom stereocenters. The standard InChI is InChI=1S/C17H14ClFN4/c1-10-2-7-13(8-14(10)18)21-16-9-15(20)22-17(23-16)11-3-5-12(19)6-4-11/h2-9H,1H3,(H3,20,21,22,23). The van der Waals surface area contributed by atoms with Crippen molar-refractivity contribution in [2.45, 2.75) is 6.92 Å². The van der Waals surface area contributed by atoms with Crippen LogP contribution in [-0.2, 0) is 0 Å². The highest BCUT2D eigenvalue weighted by molar-refractivity contribution is 6.31. The van der Waals surface area contributed by atoms with Crippen molar-refractivity contribution in [3.8, 4) is 11.4 Å². The van der Waals surface area contributed by atoms with E-state index in [1.807, 2.05) is 25.1 Å². The molecule has 2 aromatic carbocycles. The van der Waals surface area contributed by atoms with Gasteiger partial charge in [0, 0.05) is 22.3 Å². The van der Waals surface area contributed by atoms with E-state index in [0.29, 0.717) is 28.0 Å². The quantitative estimate of drug-likeness (QED) is 0.739. The zero-order valence-electron chi connectivity index (χ0n) is 12.3. The maximum atomic E-state index is 13.0. The van der Waals surface area contributed by atoms with Crippen molar-refractivity contribution in [2.75, 3.05) is 11.1 Å². The van der Waals surface area contributed by atoms with E-state index in [4.69, 9.17) is 17.3 Å². The smallest absolute Gasteiger partial charge is 0.163 e. The number of aromatic nitrogens is 2. The summed E-state index contributed by atoms with van der Waals surface area (Å²) in [5.41, 5.74) is 8.31. The van der Waals surface area contributed by atoms with Crippen molar-refractivity contribution < 1.29 is 4.39 Å². The summed E-state index contributed by atoms with van der Waals surface area (Å²) in [6, 6.07) is 13.2. The van der Waals surface area contributed by atoms with Crippen molar-refractivity contribution in [2.24, 2.45) is 0 Å². The Bertz CT molecular complexity index is 850. The lowest BCUT2D eigenvalue weighted by atomic mass is 10.2. The number of halogens is 2. The number of rotatable bonds is 3. The maximum absolute atomic E-state index is 13.0. The Balaban J connectivity index is 1.93. The van der Waals surface area contributed by atoms with Gasteiger partial charge in [0.05, 0.1) is 0 Å². The molecule has 0 aliphatic carbocycles. The number of hydrogen-bond acceptors (Lipinski definition) is 4. The second-order valence-corrected chi connectivity index (χ2v) is 5.50. The molecule has 1 heterocycles. The summed E-state index contributed by atoms with van der Waals surface area (Å²) in [4.78, 5) is 8.60. The molecule has 3 aromatic rings. The van der Waals surface area contributed by atoms with E-state index in [1.54, 1.807) is 18.2 Å². The topological polar surface area (TPSA) is 63.8 Å². The van der Waals surface area contributed by atoms with Crippen LogP contribution in [0.4, 0.5) is 21.7 Å². The molecule has 0 saturated heterocycles. The lowest BCUT2D eigenvalue weighted by Gasteiger charge is -2.09. The fraction of sp³-hybridized carbons (Fsp3) is 0.0588. The van der Waals surface area contributed by atoms with Gasteiger partial charge in [-0.3, -0.25) is 0 Å². The van der Waals surface area contributed by atoms with Crippen LogP contribution in [0.5, 0.6) is 0 Å². The molecule has 0 fully saturated rings. The van der Waals surface area contributed by atoms with Gasteiger partial charge in [-0.2, -0.15) is 0 Å². The highest BCUT2D eigenvalue weighted by Crippen LogP contribution is 2.25.